The predicted molar refractivity (Wildman–Crippen MR) is 141 cm³/mol. The van der Waals surface area contributed by atoms with Crippen LogP contribution in [-0.2, 0) is 16.1 Å². The molecule has 1 saturated heterocycles. The highest BCUT2D eigenvalue weighted by Crippen LogP contribution is 2.48. The summed E-state index contributed by atoms with van der Waals surface area (Å²) in [5.41, 5.74) is 1.27. The molecule has 1 saturated carbocycles. The number of carbonyl (C=O) groups excluding carboxylic acids is 1. The number of alkyl halides is 3. The van der Waals surface area contributed by atoms with E-state index in [1.807, 2.05) is 54.3 Å². The first-order chi connectivity index (χ1) is 18.5. The van der Waals surface area contributed by atoms with E-state index in [2.05, 4.69) is 0 Å². The molecule has 1 aliphatic carbocycles. The molecule has 2 aromatic rings. The Balaban J connectivity index is 1.51. The highest BCUT2D eigenvalue weighted by atomic mass is 19.4. The third-order valence-electron chi connectivity index (χ3n) is 8.47. The third-order valence-corrected chi connectivity index (χ3v) is 8.47. The fourth-order valence-electron chi connectivity index (χ4n) is 5.83. The van der Waals surface area contributed by atoms with Crippen LogP contribution in [0.2, 0.25) is 0 Å². The second-order valence-electron chi connectivity index (χ2n) is 11.0. The van der Waals surface area contributed by atoms with Gasteiger partial charge in [-0.15, -0.1) is 0 Å². The van der Waals surface area contributed by atoms with Gasteiger partial charge in [0.2, 0.25) is 0 Å². The molecule has 0 spiro atoms. The molecule has 214 valence electrons. The third kappa shape index (κ3) is 6.76. The molecule has 0 radical (unpaired) electrons. The summed E-state index contributed by atoms with van der Waals surface area (Å²) in [6, 6.07) is 15.2. The number of aliphatic hydroxyl groups excluding tert-OH is 1. The normalized spacial score (nSPS) is 27.6. The number of methoxy groups -OCH3 is 1. The zero-order valence-electron chi connectivity index (χ0n) is 22.7. The van der Waals surface area contributed by atoms with Gasteiger partial charge >= 0.3 is 6.18 Å². The van der Waals surface area contributed by atoms with Crippen molar-refractivity contribution in [3.63, 3.8) is 0 Å². The minimum Gasteiger partial charge on any atom is -0.493 e. The highest BCUT2D eigenvalue weighted by molar-refractivity contribution is 5.56. The summed E-state index contributed by atoms with van der Waals surface area (Å²) in [5, 5.41) is 10.8. The van der Waals surface area contributed by atoms with E-state index in [4.69, 9.17) is 14.2 Å². The van der Waals surface area contributed by atoms with E-state index in [1.54, 1.807) is 13.0 Å². The van der Waals surface area contributed by atoms with Gasteiger partial charge in [0, 0.05) is 24.4 Å². The molecular weight excluding hydrogens is 511 g/mol. The predicted octanol–water partition coefficient (Wildman–Crippen LogP) is 5.72. The summed E-state index contributed by atoms with van der Waals surface area (Å²) in [6.45, 7) is 4.94. The molecule has 4 atom stereocenters. The van der Waals surface area contributed by atoms with Gasteiger partial charge in [-0.1, -0.05) is 43.3 Å². The Kier molecular flexibility index (Phi) is 9.24. The Morgan fingerprint density at radius 3 is 2.38 bits per heavy atom. The molecular formula is C30H38F3NO5. The number of aliphatic hydroxyl groups is 1. The first-order valence-electron chi connectivity index (χ1n) is 13.5. The maximum atomic E-state index is 13.1. The Hall–Kier alpha value is -2.62. The number of hydrogen-bond acceptors (Lipinski definition) is 6. The van der Waals surface area contributed by atoms with Crippen LogP contribution < -0.4 is 9.47 Å². The fraction of sp³-hybridized carbons (Fsp3) is 0.567. The lowest BCUT2D eigenvalue weighted by Gasteiger charge is -2.35. The van der Waals surface area contributed by atoms with Crippen molar-refractivity contribution in [3.05, 3.63) is 59.7 Å². The summed E-state index contributed by atoms with van der Waals surface area (Å²) >= 11 is 0. The van der Waals surface area contributed by atoms with Gasteiger partial charge in [-0.2, -0.15) is 13.2 Å². The van der Waals surface area contributed by atoms with E-state index >= 15 is 0 Å². The quantitative estimate of drug-likeness (QED) is 0.382. The van der Waals surface area contributed by atoms with Crippen molar-refractivity contribution in [1.29, 1.82) is 0 Å². The highest BCUT2D eigenvalue weighted by Gasteiger charge is 2.49. The maximum absolute atomic E-state index is 13.1. The van der Waals surface area contributed by atoms with Gasteiger partial charge in [-0.3, -0.25) is 9.69 Å². The van der Waals surface area contributed by atoms with Gasteiger partial charge in [-0.25, -0.2) is 0 Å². The second-order valence-corrected chi connectivity index (χ2v) is 11.0. The van der Waals surface area contributed by atoms with Crippen molar-refractivity contribution in [1.82, 2.24) is 4.90 Å². The van der Waals surface area contributed by atoms with E-state index < -0.39 is 29.8 Å². The second kappa shape index (κ2) is 12.3. The summed E-state index contributed by atoms with van der Waals surface area (Å²) in [7, 11) is 1.53. The number of ether oxygens (including phenoxy) is 3. The van der Waals surface area contributed by atoms with E-state index in [0.29, 0.717) is 37.4 Å². The average molecular weight is 550 g/mol. The summed E-state index contributed by atoms with van der Waals surface area (Å²) in [6.07, 6.45) is -4.45. The lowest BCUT2D eigenvalue weighted by Crippen LogP contribution is -2.41. The summed E-state index contributed by atoms with van der Waals surface area (Å²) in [5.74, 6) is -0.461. The number of halogens is 3. The molecule has 3 unspecified atom stereocenters. The Bertz CT molecular complexity index is 1090. The van der Waals surface area contributed by atoms with Crippen LogP contribution in [0.3, 0.4) is 0 Å². The number of rotatable bonds is 10. The van der Waals surface area contributed by atoms with Crippen LogP contribution in [0.1, 0.15) is 56.6 Å². The minimum absolute atomic E-state index is 0.0456. The van der Waals surface area contributed by atoms with Crippen molar-refractivity contribution in [2.24, 2.45) is 11.3 Å². The van der Waals surface area contributed by atoms with Gasteiger partial charge < -0.3 is 19.3 Å². The molecule has 1 N–H and O–H groups in total. The van der Waals surface area contributed by atoms with Crippen molar-refractivity contribution in [2.75, 3.05) is 20.2 Å². The first kappa shape index (κ1) is 29.4. The molecule has 2 aromatic carbocycles. The van der Waals surface area contributed by atoms with E-state index in [1.165, 1.54) is 7.11 Å². The largest absolute Gasteiger partial charge is 0.493 e. The SMILES string of the molecule is COc1ccc(C2CN(C(C=O)OCc3ccccc3)CC2(C)[C@@H](C)O)cc1OC1CCC(C(F)(F)F)CC1. The van der Waals surface area contributed by atoms with Crippen molar-refractivity contribution in [2.45, 2.75) is 76.7 Å². The van der Waals surface area contributed by atoms with Crippen LogP contribution in [0.4, 0.5) is 13.2 Å². The Labute approximate surface area is 228 Å². The van der Waals surface area contributed by atoms with E-state index in [-0.39, 0.29) is 31.5 Å². The van der Waals surface area contributed by atoms with Crippen LogP contribution in [0.5, 0.6) is 11.5 Å². The monoisotopic (exact) mass is 549 g/mol. The zero-order valence-corrected chi connectivity index (χ0v) is 22.7. The molecule has 0 bridgehead atoms. The number of hydrogen-bond donors (Lipinski definition) is 1. The number of nitrogens with zero attached hydrogens (tertiary/aromatic N) is 1. The number of aldehydes is 1. The van der Waals surface area contributed by atoms with Gasteiger partial charge in [0.1, 0.15) is 0 Å². The molecule has 1 heterocycles. The van der Waals surface area contributed by atoms with Crippen molar-refractivity contribution in [3.8, 4) is 11.5 Å². The maximum Gasteiger partial charge on any atom is 0.391 e. The lowest BCUT2D eigenvalue weighted by atomic mass is 9.72. The van der Waals surface area contributed by atoms with Gasteiger partial charge in [0.25, 0.3) is 0 Å². The molecule has 4 rings (SSSR count). The summed E-state index contributed by atoms with van der Waals surface area (Å²) < 4.78 is 57.0. The molecule has 2 fully saturated rings. The van der Waals surface area contributed by atoms with Crippen molar-refractivity contribution >= 4 is 6.29 Å². The number of carbonyl (C=O) groups is 1. The van der Waals surface area contributed by atoms with Crippen LogP contribution in [0.15, 0.2) is 48.5 Å². The fourth-order valence-corrected chi connectivity index (χ4v) is 5.83. The molecule has 0 aromatic heterocycles. The Morgan fingerprint density at radius 2 is 1.79 bits per heavy atom. The van der Waals surface area contributed by atoms with Crippen LogP contribution in [-0.4, -0.2) is 61.1 Å². The van der Waals surface area contributed by atoms with E-state index in [9.17, 15) is 23.1 Å². The Morgan fingerprint density at radius 1 is 1.10 bits per heavy atom. The molecule has 0 amide bonds. The van der Waals surface area contributed by atoms with Crippen LogP contribution in [0, 0.1) is 11.3 Å². The number of benzene rings is 2. The number of likely N-dealkylation sites (tertiary alicyclic amines) is 1. The molecule has 9 heteroatoms. The summed E-state index contributed by atoms with van der Waals surface area (Å²) in [4.78, 5) is 14.0. The first-order valence-corrected chi connectivity index (χ1v) is 13.5. The van der Waals surface area contributed by atoms with Gasteiger partial charge in [0.15, 0.2) is 24.0 Å². The molecule has 1 aliphatic heterocycles. The molecule has 39 heavy (non-hydrogen) atoms. The average Bonchev–Trinajstić information content (AvgIpc) is 3.28. The minimum atomic E-state index is -4.17. The van der Waals surface area contributed by atoms with Gasteiger partial charge in [-0.05, 0) is 55.9 Å². The topological polar surface area (TPSA) is 68.2 Å². The zero-order chi connectivity index (χ0) is 28.2. The van der Waals surface area contributed by atoms with Gasteiger partial charge in [0.05, 0.1) is 31.8 Å². The van der Waals surface area contributed by atoms with E-state index in [0.717, 1.165) is 17.4 Å². The van der Waals surface area contributed by atoms with Crippen molar-refractivity contribution < 1.29 is 37.3 Å². The lowest BCUT2D eigenvalue weighted by molar-refractivity contribution is -0.185. The standard InChI is InChI=1S/C30H38F3NO5/c1-20(36)29(2)19-34(28(17-35)38-18-21-7-5-4-6-8-21)16-25(29)22-9-14-26(37-3)27(15-22)39-24-12-10-23(11-13-24)30(31,32)33/h4-9,14-15,17,20,23-25,28,36H,10-13,16,18-19H2,1-3H3/t20-,23?,24?,25?,28?,29?/m1/s1. The van der Waals surface area contributed by atoms with Crippen LogP contribution in [0.25, 0.3) is 0 Å². The van der Waals surface area contributed by atoms with Crippen LogP contribution >= 0.6 is 0 Å². The molecule has 6 nitrogen and oxygen atoms in total. The molecule has 2 aliphatic rings. The smallest absolute Gasteiger partial charge is 0.391 e.